The lowest BCUT2D eigenvalue weighted by Crippen LogP contribution is -2.20. The molecule has 0 spiro atoms. The largest absolute Gasteiger partial charge is 0.483 e. The molecular weight excluding hydrogens is 322 g/mol. The number of aromatic nitrogens is 2. The molecule has 2 rings (SSSR count). The van der Waals surface area contributed by atoms with E-state index in [9.17, 15) is 4.79 Å². The molecule has 2 aromatic rings. The third-order valence-electron chi connectivity index (χ3n) is 3.92. The topological polar surface area (TPSA) is 64.1 Å². The predicted molar refractivity (Wildman–Crippen MR) is 97.9 cm³/mol. The number of nitrogens with zero attached hydrogens (tertiary/aromatic N) is 2. The number of hydrogen-bond donors (Lipinski definition) is 1. The van der Waals surface area contributed by atoms with Crippen LogP contribution in [0.1, 0.15) is 62.9 Å². The molecule has 0 saturated heterocycles. The highest BCUT2D eigenvalue weighted by Gasteiger charge is 2.15. The van der Waals surface area contributed by atoms with Gasteiger partial charge in [-0.15, -0.1) is 10.2 Å². The summed E-state index contributed by atoms with van der Waals surface area (Å²) in [4.78, 5) is 12.1. The molecule has 130 valence electrons. The Labute approximate surface area is 147 Å². The van der Waals surface area contributed by atoms with Crippen molar-refractivity contribution < 1.29 is 9.53 Å². The predicted octanol–water partition coefficient (Wildman–Crippen LogP) is 4.58. The van der Waals surface area contributed by atoms with E-state index in [1.807, 2.05) is 24.3 Å². The number of rotatable bonds is 8. The molecule has 0 radical (unpaired) electrons. The minimum atomic E-state index is -0.221. The Morgan fingerprint density at radius 3 is 2.58 bits per heavy atom. The fraction of sp³-hybridized carbons (Fsp3) is 0.500. The molecule has 0 aliphatic carbocycles. The van der Waals surface area contributed by atoms with Gasteiger partial charge in [0.05, 0.1) is 0 Å². The van der Waals surface area contributed by atoms with Gasteiger partial charge in [-0.3, -0.25) is 10.1 Å². The number of benzene rings is 1. The summed E-state index contributed by atoms with van der Waals surface area (Å²) in [5.74, 6) is 1.27. The Hall–Kier alpha value is -1.95. The first-order valence-corrected chi connectivity index (χ1v) is 9.21. The van der Waals surface area contributed by atoms with Gasteiger partial charge in [-0.1, -0.05) is 57.2 Å². The summed E-state index contributed by atoms with van der Waals surface area (Å²) >= 11 is 1.44. The van der Waals surface area contributed by atoms with Gasteiger partial charge in [-0.25, -0.2) is 0 Å². The Balaban J connectivity index is 1.92. The number of nitrogens with one attached hydrogen (secondary N) is 1. The molecule has 1 N–H and O–H groups in total. The molecule has 0 fully saturated rings. The van der Waals surface area contributed by atoms with Gasteiger partial charge in [0.2, 0.25) is 5.13 Å². The van der Waals surface area contributed by atoms with Crippen LogP contribution >= 0.6 is 11.3 Å². The van der Waals surface area contributed by atoms with Crippen molar-refractivity contribution in [2.75, 3.05) is 11.9 Å². The van der Waals surface area contributed by atoms with E-state index in [0.717, 1.165) is 29.2 Å². The van der Waals surface area contributed by atoms with Crippen molar-refractivity contribution in [1.82, 2.24) is 10.2 Å². The van der Waals surface area contributed by atoms with Crippen LogP contribution in [0.4, 0.5) is 5.13 Å². The van der Waals surface area contributed by atoms with E-state index in [0.29, 0.717) is 17.0 Å². The molecule has 1 aromatic carbocycles. The van der Waals surface area contributed by atoms with Crippen molar-refractivity contribution in [2.24, 2.45) is 0 Å². The Morgan fingerprint density at radius 1 is 1.21 bits per heavy atom. The van der Waals surface area contributed by atoms with Crippen molar-refractivity contribution in [1.29, 1.82) is 0 Å². The average molecular weight is 347 g/mol. The van der Waals surface area contributed by atoms with Gasteiger partial charge in [0.25, 0.3) is 5.91 Å². The molecule has 5 nitrogen and oxygen atoms in total. The molecule has 0 unspecified atom stereocenters. The van der Waals surface area contributed by atoms with Crippen LogP contribution in [-0.2, 0) is 4.79 Å². The highest BCUT2D eigenvalue weighted by atomic mass is 32.1. The van der Waals surface area contributed by atoms with Crippen LogP contribution in [0.2, 0.25) is 0 Å². The van der Waals surface area contributed by atoms with Gasteiger partial charge < -0.3 is 4.74 Å². The maximum atomic E-state index is 12.1. The number of hydrogen-bond acceptors (Lipinski definition) is 5. The summed E-state index contributed by atoms with van der Waals surface area (Å²) in [6.45, 7) is 8.43. The number of amides is 1. The second-order valence-corrected chi connectivity index (χ2v) is 7.00. The van der Waals surface area contributed by atoms with E-state index >= 15 is 0 Å². The molecule has 0 saturated carbocycles. The lowest BCUT2D eigenvalue weighted by atomic mass is 10.0. The zero-order valence-corrected chi connectivity index (χ0v) is 15.5. The lowest BCUT2D eigenvalue weighted by Gasteiger charge is -2.13. The van der Waals surface area contributed by atoms with Crippen LogP contribution in [0.25, 0.3) is 0 Å². The summed E-state index contributed by atoms with van der Waals surface area (Å²) < 4.78 is 5.67. The number of carbonyl (C=O) groups excluding carboxylic acids is 1. The van der Waals surface area contributed by atoms with Gasteiger partial charge in [0.15, 0.2) is 6.61 Å². The maximum absolute atomic E-state index is 12.1. The fourth-order valence-corrected chi connectivity index (χ4v) is 3.50. The average Bonchev–Trinajstić information content (AvgIpc) is 3.02. The van der Waals surface area contributed by atoms with Crippen LogP contribution in [0.3, 0.4) is 0 Å². The summed E-state index contributed by atoms with van der Waals surface area (Å²) in [5, 5.41) is 12.5. The standard InChI is InChI=1S/C18H25N3O2S/c1-5-13(6-2)17-20-21-18(24-17)19-16(22)11-23-15-10-8-7-9-14(15)12(3)4/h7-10,12-13H,5-6,11H2,1-4H3,(H,19,21,22). The van der Waals surface area contributed by atoms with E-state index in [1.165, 1.54) is 11.3 Å². The second-order valence-electron chi connectivity index (χ2n) is 5.99. The van der Waals surface area contributed by atoms with Crippen LogP contribution in [0.5, 0.6) is 5.75 Å². The number of para-hydroxylation sites is 1. The summed E-state index contributed by atoms with van der Waals surface area (Å²) in [5.41, 5.74) is 1.09. The second kappa shape index (κ2) is 8.78. The van der Waals surface area contributed by atoms with Gasteiger partial charge in [-0.05, 0) is 30.4 Å². The van der Waals surface area contributed by atoms with Gasteiger partial charge >= 0.3 is 0 Å². The summed E-state index contributed by atoms with van der Waals surface area (Å²) in [6.07, 6.45) is 2.04. The molecule has 0 atom stereocenters. The van der Waals surface area contributed by atoms with E-state index in [2.05, 4.69) is 43.2 Å². The minimum absolute atomic E-state index is 0.0381. The van der Waals surface area contributed by atoms with Gasteiger partial charge in [-0.2, -0.15) is 0 Å². The van der Waals surface area contributed by atoms with Crippen LogP contribution in [-0.4, -0.2) is 22.7 Å². The third-order valence-corrected chi connectivity index (χ3v) is 4.92. The number of carbonyl (C=O) groups is 1. The number of ether oxygens (including phenoxy) is 1. The van der Waals surface area contributed by atoms with E-state index in [1.54, 1.807) is 0 Å². The Morgan fingerprint density at radius 2 is 1.92 bits per heavy atom. The van der Waals surface area contributed by atoms with E-state index < -0.39 is 0 Å². The smallest absolute Gasteiger partial charge is 0.264 e. The third kappa shape index (κ3) is 4.77. The summed E-state index contributed by atoms with van der Waals surface area (Å²) in [6, 6.07) is 7.79. The molecule has 0 aliphatic heterocycles. The fourth-order valence-electron chi connectivity index (χ4n) is 2.48. The van der Waals surface area contributed by atoms with Crippen LogP contribution in [0, 0.1) is 0 Å². The molecule has 1 heterocycles. The number of anilines is 1. The van der Waals surface area contributed by atoms with Gasteiger partial charge in [0, 0.05) is 5.92 Å². The first-order chi connectivity index (χ1) is 11.5. The molecule has 1 amide bonds. The van der Waals surface area contributed by atoms with Crippen molar-refractivity contribution in [3.63, 3.8) is 0 Å². The van der Waals surface area contributed by atoms with Crippen molar-refractivity contribution in [3.8, 4) is 5.75 Å². The van der Waals surface area contributed by atoms with Crippen molar-refractivity contribution >= 4 is 22.4 Å². The Kier molecular flexibility index (Phi) is 6.73. The van der Waals surface area contributed by atoms with Crippen LogP contribution < -0.4 is 10.1 Å². The van der Waals surface area contributed by atoms with Gasteiger partial charge in [0.1, 0.15) is 10.8 Å². The quantitative estimate of drug-likeness (QED) is 0.759. The Bertz CT molecular complexity index is 666. The van der Waals surface area contributed by atoms with E-state index in [4.69, 9.17) is 4.74 Å². The molecule has 1 aromatic heterocycles. The molecule has 0 bridgehead atoms. The maximum Gasteiger partial charge on any atom is 0.264 e. The zero-order valence-electron chi connectivity index (χ0n) is 14.7. The molecular formula is C18H25N3O2S. The molecule has 0 aliphatic rings. The zero-order chi connectivity index (χ0) is 17.5. The van der Waals surface area contributed by atoms with Crippen molar-refractivity contribution in [2.45, 2.75) is 52.4 Å². The summed E-state index contributed by atoms with van der Waals surface area (Å²) in [7, 11) is 0. The van der Waals surface area contributed by atoms with E-state index in [-0.39, 0.29) is 12.5 Å². The molecule has 24 heavy (non-hydrogen) atoms. The highest BCUT2D eigenvalue weighted by molar-refractivity contribution is 7.15. The minimum Gasteiger partial charge on any atom is -0.483 e. The van der Waals surface area contributed by atoms with Crippen LogP contribution in [0.15, 0.2) is 24.3 Å². The monoisotopic (exact) mass is 347 g/mol. The lowest BCUT2D eigenvalue weighted by molar-refractivity contribution is -0.118. The first kappa shape index (κ1) is 18.4. The highest BCUT2D eigenvalue weighted by Crippen LogP contribution is 2.28. The normalized spacial score (nSPS) is 11.1. The SMILES string of the molecule is CCC(CC)c1nnc(NC(=O)COc2ccccc2C(C)C)s1. The first-order valence-electron chi connectivity index (χ1n) is 8.40. The van der Waals surface area contributed by atoms with Crippen molar-refractivity contribution in [3.05, 3.63) is 34.8 Å². The molecule has 6 heteroatoms.